The smallest absolute Gasteiger partial charge is 0.163 e. The van der Waals surface area contributed by atoms with Crippen LogP contribution in [-0.2, 0) is 0 Å². The molecule has 2 aromatic rings. The van der Waals surface area contributed by atoms with Crippen LogP contribution in [0.5, 0.6) is 0 Å². The molecular formula is C10H6Cl2O2. The van der Waals surface area contributed by atoms with Crippen molar-refractivity contribution >= 4 is 40.0 Å². The summed E-state index contributed by atoms with van der Waals surface area (Å²) < 4.78 is 5.18. The Bertz CT molecular complexity index is 514. The zero-order chi connectivity index (χ0) is 10.3. The third-order valence-corrected chi connectivity index (χ3v) is 2.47. The van der Waals surface area contributed by atoms with Crippen molar-refractivity contribution < 1.29 is 9.21 Å². The Morgan fingerprint density at radius 1 is 1.36 bits per heavy atom. The molecule has 0 spiro atoms. The molecule has 1 heterocycles. The molecule has 0 N–H and O–H groups in total. The summed E-state index contributed by atoms with van der Waals surface area (Å²) in [6.07, 6.45) is 1.40. The van der Waals surface area contributed by atoms with Crippen molar-refractivity contribution in [3.8, 4) is 0 Å². The van der Waals surface area contributed by atoms with E-state index in [2.05, 4.69) is 0 Å². The van der Waals surface area contributed by atoms with E-state index in [9.17, 15) is 4.79 Å². The molecule has 0 amide bonds. The maximum atomic E-state index is 11.2. The van der Waals surface area contributed by atoms with Gasteiger partial charge in [0.15, 0.2) is 11.4 Å². The Kier molecular flexibility index (Phi) is 2.25. The molecule has 0 aliphatic carbocycles. The molecule has 0 bridgehead atoms. The predicted molar refractivity (Wildman–Crippen MR) is 56.2 cm³/mol. The van der Waals surface area contributed by atoms with Gasteiger partial charge in [-0.2, -0.15) is 0 Å². The number of ketones is 1. The van der Waals surface area contributed by atoms with Crippen LogP contribution >= 0.6 is 23.2 Å². The standard InChI is InChI=1S/C10H6Cl2O2/c1-5(13)8-4-14-10-7(8)2-6(11)3-9(10)12/h2-4H,1H3. The van der Waals surface area contributed by atoms with Gasteiger partial charge in [0.25, 0.3) is 0 Å². The monoisotopic (exact) mass is 228 g/mol. The van der Waals surface area contributed by atoms with Gasteiger partial charge in [-0.25, -0.2) is 0 Å². The average molecular weight is 229 g/mol. The molecule has 72 valence electrons. The second kappa shape index (κ2) is 3.30. The highest BCUT2D eigenvalue weighted by Crippen LogP contribution is 2.31. The highest BCUT2D eigenvalue weighted by atomic mass is 35.5. The minimum atomic E-state index is -0.0675. The Hall–Kier alpha value is -0.990. The summed E-state index contributed by atoms with van der Waals surface area (Å²) >= 11 is 11.7. The second-order valence-electron chi connectivity index (χ2n) is 2.97. The average Bonchev–Trinajstić information content (AvgIpc) is 2.47. The van der Waals surface area contributed by atoms with Crippen molar-refractivity contribution in [1.29, 1.82) is 0 Å². The van der Waals surface area contributed by atoms with E-state index in [4.69, 9.17) is 27.6 Å². The fraction of sp³-hybridized carbons (Fsp3) is 0.100. The SMILES string of the molecule is CC(=O)c1coc2c(Cl)cc(Cl)cc12. The van der Waals surface area contributed by atoms with E-state index in [1.807, 2.05) is 0 Å². The van der Waals surface area contributed by atoms with Crippen LogP contribution in [-0.4, -0.2) is 5.78 Å². The van der Waals surface area contributed by atoms with Crippen LogP contribution in [0.25, 0.3) is 11.0 Å². The van der Waals surface area contributed by atoms with Crippen molar-refractivity contribution in [1.82, 2.24) is 0 Å². The molecule has 0 unspecified atom stereocenters. The Labute approximate surface area is 90.4 Å². The molecule has 0 aliphatic heterocycles. The third-order valence-electron chi connectivity index (χ3n) is 1.97. The second-order valence-corrected chi connectivity index (χ2v) is 3.81. The lowest BCUT2D eigenvalue weighted by Gasteiger charge is -1.95. The molecule has 1 aromatic carbocycles. The lowest BCUT2D eigenvalue weighted by Crippen LogP contribution is -1.88. The summed E-state index contributed by atoms with van der Waals surface area (Å²) in [5.74, 6) is -0.0675. The number of hydrogen-bond acceptors (Lipinski definition) is 2. The molecule has 0 fully saturated rings. The summed E-state index contributed by atoms with van der Waals surface area (Å²) in [6, 6.07) is 3.25. The summed E-state index contributed by atoms with van der Waals surface area (Å²) in [5, 5.41) is 1.57. The van der Waals surface area contributed by atoms with Crippen molar-refractivity contribution in [2.75, 3.05) is 0 Å². The van der Waals surface area contributed by atoms with Crippen LogP contribution in [0.4, 0.5) is 0 Å². The third kappa shape index (κ3) is 1.41. The zero-order valence-electron chi connectivity index (χ0n) is 7.30. The van der Waals surface area contributed by atoms with Gasteiger partial charge in [-0.05, 0) is 19.1 Å². The first-order chi connectivity index (χ1) is 6.59. The number of benzene rings is 1. The number of fused-ring (bicyclic) bond motifs is 1. The largest absolute Gasteiger partial charge is 0.462 e. The van der Waals surface area contributed by atoms with Gasteiger partial charge in [-0.1, -0.05) is 23.2 Å². The molecule has 0 radical (unpaired) electrons. The maximum Gasteiger partial charge on any atom is 0.163 e. The molecule has 0 saturated carbocycles. The van der Waals surface area contributed by atoms with Gasteiger partial charge in [0.2, 0.25) is 0 Å². The van der Waals surface area contributed by atoms with Crippen LogP contribution < -0.4 is 0 Å². The molecule has 14 heavy (non-hydrogen) atoms. The number of hydrogen-bond donors (Lipinski definition) is 0. The van der Waals surface area contributed by atoms with Crippen molar-refractivity contribution in [3.63, 3.8) is 0 Å². The molecule has 1 aromatic heterocycles. The Morgan fingerprint density at radius 2 is 2.07 bits per heavy atom. The van der Waals surface area contributed by atoms with Crippen LogP contribution in [0.15, 0.2) is 22.8 Å². The molecule has 0 saturated heterocycles. The molecule has 2 rings (SSSR count). The van der Waals surface area contributed by atoms with Gasteiger partial charge in [-0.3, -0.25) is 4.79 Å². The zero-order valence-corrected chi connectivity index (χ0v) is 8.82. The van der Waals surface area contributed by atoms with Crippen molar-refractivity contribution in [2.45, 2.75) is 6.92 Å². The number of carbonyl (C=O) groups excluding carboxylic acids is 1. The highest BCUT2D eigenvalue weighted by molar-refractivity contribution is 6.38. The van der Waals surface area contributed by atoms with E-state index >= 15 is 0 Å². The molecule has 0 atom stereocenters. The van der Waals surface area contributed by atoms with E-state index in [1.54, 1.807) is 12.1 Å². The Balaban J connectivity index is 2.85. The molecule has 2 nitrogen and oxygen atoms in total. The fourth-order valence-corrected chi connectivity index (χ4v) is 1.87. The van der Waals surface area contributed by atoms with Gasteiger partial charge >= 0.3 is 0 Å². The van der Waals surface area contributed by atoms with E-state index < -0.39 is 0 Å². The number of furan rings is 1. The van der Waals surface area contributed by atoms with E-state index in [1.165, 1.54) is 13.2 Å². The van der Waals surface area contributed by atoms with Gasteiger partial charge in [0.05, 0.1) is 10.6 Å². The molecule has 0 aliphatic rings. The van der Waals surface area contributed by atoms with Crippen LogP contribution in [0.1, 0.15) is 17.3 Å². The van der Waals surface area contributed by atoms with Crippen LogP contribution in [0.2, 0.25) is 10.0 Å². The topological polar surface area (TPSA) is 30.2 Å². The van der Waals surface area contributed by atoms with E-state index in [0.29, 0.717) is 26.6 Å². The lowest BCUT2D eigenvalue weighted by atomic mass is 10.1. The summed E-state index contributed by atoms with van der Waals surface area (Å²) in [5.41, 5.74) is 1.01. The normalized spacial score (nSPS) is 10.8. The first kappa shape index (κ1) is 9.56. The van der Waals surface area contributed by atoms with Gasteiger partial charge in [0, 0.05) is 10.4 Å². The quantitative estimate of drug-likeness (QED) is 0.693. The van der Waals surface area contributed by atoms with E-state index in [-0.39, 0.29) is 5.78 Å². The molecule has 4 heteroatoms. The number of Topliss-reactive ketones (excluding diaryl/α,β-unsaturated/α-hetero) is 1. The van der Waals surface area contributed by atoms with E-state index in [0.717, 1.165) is 0 Å². The summed E-state index contributed by atoms with van der Waals surface area (Å²) in [6.45, 7) is 1.47. The summed E-state index contributed by atoms with van der Waals surface area (Å²) in [4.78, 5) is 11.2. The number of halogens is 2. The first-order valence-corrected chi connectivity index (χ1v) is 4.72. The molecular weight excluding hydrogens is 223 g/mol. The summed E-state index contributed by atoms with van der Waals surface area (Å²) in [7, 11) is 0. The minimum Gasteiger partial charge on any atom is -0.462 e. The van der Waals surface area contributed by atoms with Gasteiger partial charge in [0.1, 0.15) is 6.26 Å². The predicted octanol–water partition coefficient (Wildman–Crippen LogP) is 3.94. The number of carbonyl (C=O) groups is 1. The van der Waals surface area contributed by atoms with Crippen LogP contribution in [0, 0.1) is 0 Å². The lowest BCUT2D eigenvalue weighted by molar-refractivity contribution is 0.101. The maximum absolute atomic E-state index is 11.2. The van der Waals surface area contributed by atoms with Crippen molar-refractivity contribution in [2.24, 2.45) is 0 Å². The highest BCUT2D eigenvalue weighted by Gasteiger charge is 2.13. The number of rotatable bonds is 1. The van der Waals surface area contributed by atoms with Crippen molar-refractivity contribution in [3.05, 3.63) is 34.0 Å². The van der Waals surface area contributed by atoms with Crippen LogP contribution in [0.3, 0.4) is 0 Å². The van der Waals surface area contributed by atoms with Gasteiger partial charge in [-0.15, -0.1) is 0 Å². The first-order valence-electron chi connectivity index (χ1n) is 3.97. The minimum absolute atomic E-state index is 0.0675. The fourth-order valence-electron chi connectivity index (χ4n) is 1.33. The van der Waals surface area contributed by atoms with Gasteiger partial charge < -0.3 is 4.42 Å². The Morgan fingerprint density at radius 3 is 2.71 bits per heavy atom.